The van der Waals surface area contributed by atoms with Crippen molar-refractivity contribution < 1.29 is 4.52 Å². The Hall–Kier alpha value is -0.500. The Morgan fingerprint density at radius 1 is 1.88 bits per heavy atom. The molecule has 0 saturated heterocycles. The van der Waals surface area contributed by atoms with Crippen molar-refractivity contribution in [3.05, 3.63) is 17.5 Å². The summed E-state index contributed by atoms with van der Waals surface area (Å²) >= 11 is 5.45. The van der Waals surface area contributed by atoms with Gasteiger partial charge in [0.25, 0.3) is 0 Å². The van der Waals surface area contributed by atoms with Crippen LogP contribution in [0.15, 0.2) is 10.8 Å². The second kappa shape index (κ2) is 2.18. The number of aryl methyl sites for hydroxylation is 1. The van der Waals surface area contributed by atoms with Crippen molar-refractivity contribution in [3.8, 4) is 0 Å². The maximum absolute atomic E-state index is 5.45. The second-order valence-electron chi connectivity index (χ2n) is 1.58. The fourth-order valence-corrected chi connectivity index (χ4v) is 0.698. The van der Waals surface area contributed by atoms with E-state index in [1.54, 1.807) is 6.26 Å². The molecule has 0 N–H and O–H groups in total. The van der Waals surface area contributed by atoms with Crippen molar-refractivity contribution in [1.82, 2.24) is 5.16 Å². The molecule has 44 valence electrons. The quantitative estimate of drug-likeness (QED) is 0.543. The molecule has 0 aliphatic heterocycles. The van der Waals surface area contributed by atoms with Crippen LogP contribution < -0.4 is 0 Å². The lowest BCUT2D eigenvalue weighted by Crippen LogP contribution is -1.77. The van der Waals surface area contributed by atoms with Crippen molar-refractivity contribution in [2.45, 2.75) is 12.8 Å². The molecule has 0 amide bonds. The highest BCUT2D eigenvalue weighted by Gasteiger charge is 1.97. The summed E-state index contributed by atoms with van der Waals surface area (Å²) in [6, 6.07) is 0. The molecule has 8 heavy (non-hydrogen) atoms. The van der Waals surface area contributed by atoms with Gasteiger partial charge in [-0.2, -0.15) is 0 Å². The van der Waals surface area contributed by atoms with Crippen molar-refractivity contribution in [2.75, 3.05) is 0 Å². The highest BCUT2D eigenvalue weighted by atomic mass is 35.5. The Labute approximate surface area is 52.4 Å². The molecule has 3 heteroatoms. The Morgan fingerprint density at radius 3 is 2.88 bits per heavy atom. The molecule has 0 aromatic carbocycles. The van der Waals surface area contributed by atoms with Crippen LogP contribution >= 0.6 is 11.6 Å². The van der Waals surface area contributed by atoms with Crippen LogP contribution in [0.2, 0.25) is 0 Å². The molecular weight excluding hydrogens is 126 g/mol. The molecule has 2 nitrogen and oxygen atoms in total. The summed E-state index contributed by atoms with van der Waals surface area (Å²) in [5, 5.41) is 3.63. The van der Waals surface area contributed by atoms with Gasteiger partial charge in [-0.1, -0.05) is 5.16 Å². The van der Waals surface area contributed by atoms with E-state index < -0.39 is 0 Å². The van der Waals surface area contributed by atoms with Crippen LogP contribution in [0, 0.1) is 6.92 Å². The van der Waals surface area contributed by atoms with E-state index in [2.05, 4.69) is 9.68 Å². The number of nitrogens with zero attached hydrogens (tertiary/aromatic N) is 1. The Kier molecular flexibility index (Phi) is 1.53. The van der Waals surface area contributed by atoms with Crippen molar-refractivity contribution >= 4 is 11.6 Å². The molecular formula is C5H6ClNO. The monoisotopic (exact) mass is 131 g/mol. The molecule has 0 aliphatic rings. The normalized spacial score (nSPS) is 9.75. The number of aromatic nitrogens is 1. The van der Waals surface area contributed by atoms with Crippen molar-refractivity contribution in [1.29, 1.82) is 0 Å². The summed E-state index contributed by atoms with van der Waals surface area (Å²) in [7, 11) is 0. The topological polar surface area (TPSA) is 26.0 Å². The van der Waals surface area contributed by atoms with Gasteiger partial charge in [0.05, 0.1) is 5.88 Å². The molecule has 0 saturated carbocycles. The third-order valence-electron chi connectivity index (χ3n) is 0.974. The standard InChI is InChI=1S/C5H6ClNO/c1-4-3-8-7-5(4)2-6/h3H,2H2,1H3. The first-order valence-corrected chi connectivity index (χ1v) is 2.84. The lowest BCUT2D eigenvalue weighted by Gasteiger charge is -1.81. The number of alkyl halides is 1. The van der Waals surface area contributed by atoms with E-state index in [0.29, 0.717) is 5.88 Å². The fourth-order valence-electron chi connectivity index (χ4n) is 0.439. The van der Waals surface area contributed by atoms with E-state index in [-0.39, 0.29) is 0 Å². The average Bonchev–Trinajstić information content (AvgIpc) is 2.14. The number of halogens is 1. The van der Waals surface area contributed by atoms with Crippen LogP contribution in [0.4, 0.5) is 0 Å². The van der Waals surface area contributed by atoms with Gasteiger partial charge < -0.3 is 4.52 Å². The van der Waals surface area contributed by atoms with Crippen LogP contribution in [0.5, 0.6) is 0 Å². The third-order valence-corrected chi connectivity index (χ3v) is 1.23. The summed E-state index contributed by atoms with van der Waals surface area (Å²) in [5.74, 6) is 0.433. The summed E-state index contributed by atoms with van der Waals surface area (Å²) in [6.45, 7) is 1.91. The molecule has 0 radical (unpaired) electrons. The van der Waals surface area contributed by atoms with Gasteiger partial charge >= 0.3 is 0 Å². The van der Waals surface area contributed by atoms with E-state index in [9.17, 15) is 0 Å². The van der Waals surface area contributed by atoms with Gasteiger partial charge in [0.1, 0.15) is 12.0 Å². The van der Waals surface area contributed by atoms with E-state index in [1.165, 1.54) is 0 Å². The lowest BCUT2D eigenvalue weighted by atomic mass is 10.3. The molecule has 0 aliphatic carbocycles. The summed E-state index contributed by atoms with van der Waals surface area (Å²) < 4.78 is 4.60. The minimum absolute atomic E-state index is 0.433. The first-order chi connectivity index (χ1) is 3.84. The molecule has 1 heterocycles. The number of rotatable bonds is 1. The van der Waals surface area contributed by atoms with Crippen LogP contribution in [0.3, 0.4) is 0 Å². The van der Waals surface area contributed by atoms with Gasteiger partial charge in [-0.25, -0.2) is 0 Å². The molecule has 1 rings (SSSR count). The van der Waals surface area contributed by atoms with Gasteiger partial charge in [0.2, 0.25) is 0 Å². The van der Waals surface area contributed by atoms with E-state index in [1.807, 2.05) is 6.92 Å². The molecule has 0 bridgehead atoms. The minimum Gasteiger partial charge on any atom is -0.364 e. The molecule has 0 unspecified atom stereocenters. The maximum atomic E-state index is 5.45. The van der Waals surface area contributed by atoms with Gasteiger partial charge in [-0.15, -0.1) is 11.6 Å². The van der Waals surface area contributed by atoms with Crippen LogP contribution in [-0.2, 0) is 5.88 Å². The molecule has 0 fully saturated rings. The number of hydrogen-bond acceptors (Lipinski definition) is 2. The first kappa shape index (κ1) is 5.63. The third kappa shape index (κ3) is 0.842. The Bertz CT molecular complexity index is 173. The highest BCUT2D eigenvalue weighted by Crippen LogP contribution is 2.05. The molecule has 0 atom stereocenters. The zero-order chi connectivity index (χ0) is 5.98. The second-order valence-corrected chi connectivity index (χ2v) is 1.85. The number of hydrogen-bond donors (Lipinski definition) is 0. The fraction of sp³-hybridized carbons (Fsp3) is 0.400. The zero-order valence-electron chi connectivity index (χ0n) is 4.52. The van der Waals surface area contributed by atoms with Gasteiger partial charge in [-0.3, -0.25) is 0 Å². The predicted molar refractivity (Wildman–Crippen MR) is 30.8 cm³/mol. The smallest absolute Gasteiger partial charge is 0.127 e. The maximum Gasteiger partial charge on any atom is 0.127 e. The van der Waals surface area contributed by atoms with Gasteiger partial charge in [0.15, 0.2) is 0 Å². The Balaban J connectivity index is 2.92. The van der Waals surface area contributed by atoms with E-state index >= 15 is 0 Å². The highest BCUT2D eigenvalue weighted by molar-refractivity contribution is 6.16. The minimum atomic E-state index is 0.433. The van der Waals surface area contributed by atoms with Crippen LogP contribution in [-0.4, -0.2) is 5.16 Å². The summed E-state index contributed by atoms with van der Waals surface area (Å²) in [4.78, 5) is 0. The van der Waals surface area contributed by atoms with Crippen molar-refractivity contribution in [3.63, 3.8) is 0 Å². The SMILES string of the molecule is Cc1conc1CCl. The molecule has 1 aromatic rings. The van der Waals surface area contributed by atoms with Crippen molar-refractivity contribution in [2.24, 2.45) is 0 Å². The summed E-state index contributed by atoms with van der Waals surface area (Å²) in [5.41, 5.74) is 1.84. The van der Waals surface area contributed by atoms with E-state index in [4.69, 9.17) is 11.6 Å². The lowest BCUT2D eigenvalue weighted by molar-refractivity contribution is 0.414. The average molecular weight is 132 g/mol. The van der Waals surface area contributed by atoms with Gasteiger partial charge in [0, 0.05) is 5.56 Å². The van der Waals surface area contributed by atoms with E-state index in [0.717, 1.165) is 11.3 Å². The Morgan fingerprint density at radius 2 is 2.62 bits per heavy atom. The summed E-state index contributed by atoms with van der Waals surface area (Å²) in [6.07, 6.45) is 1.58. The molecule has 1 aromatic heterocycles. The van der Waals surface area contributed by atoms with Crippen LogP contribution in [0.25, 0.3) is 0 Å². The predicted octanol–water partition coefficient (Wildman–Crippen LogP) is 1.72. The first-order valence-electron chi connectivity index (χ1n) is 2.30. The van der Waals surface area contributed by atoms with Crippen LogP contribution in [0.1, 0.15) is 11.3 Å². The van der Waals surface area contributed by atoms with Gasteiger partial charge in [-0.05, 0) is 6.92 Å². The largest absolute Gasteiger partial charge is 0.364 e. The zero-order valence-corrected chi connectivity index (χ0v) is 5.27. The molecule has 0 spiro atoms.